The van der Waals surface area contributed by atoms with Crippen LogP contribution in [-0.4, -0.2) is 26.8 Å². The molecule has 0 radical (unpaired) electrons. The quantitative estimate of drug-likeness (QED) is 0.890. The molecule has 0 aliphatic rings. The molecule has 2 N–H and O–H groups in total. The first kappa shape index (κ1) is 13.7. The number of benzene rings is 1. The SMILES string of the molecule is Cc1ccc(NC(=O)c2ccnn2CC(=O)O)cc1F. The predicted octanol–water partition coefficient (Wildman–Crippen LogP) is 1.67. The first-order valence-electron chi connectivity index (χ1n) is 5.78. The van der Waals surface area contributed by atoms with Crippen molar-refractivity contribution in [1.82, 2.24) is 9.78 Å². The molecule has 1 aromatic carbocycles. The van der Waals surface area contributed by atoms with Crippen LogP contribution in [0.5, 0.6) is 0 Å². The van der Waals surface area contributed by atoms with Crippen LogP contribution in [0.4, 0.5) is 10.1 Å². The normalized spacial score (nSPS) is 10.3. The molecular weight excluding hydrogens is 265 g/mol. The van der Waals surface area contributed by atoms with E-state index in [4.69, 9.17) is 5.11 Å². The number of aliphatic carboxylic acids is 1. The fourth-order valence-electron chi connectivity index (χ4n) is 1.65. The predicted molar refractivity (Wildman–Crippen MR) is 69.0 cm³/mol. The molecule has 0 bridgehead atoms. The summed E-state index contributed by atoms with van der Waals surface area (Å²) in [6, 6.07) is 5.70. The van der Waals surface area contributed by atoms with Crippen molar-refractivity contribution in [2.45, 2.75) is 13.5 Å². The number of nitrogens with zero attached hydrogens (tertiary/aromatic N) is 2. The highest BCUT2D eigenvalue weighted by atomic mass is 19.1. The topological polar surface area (TPSA) is 84.2 Å². The van der Waals surface area contributed by atoms with Gasteiger partial charge in [0.2, 0.25) is 0 Å². The van der Waals surface area contributed by atoms with Crippen LogP contribution in [0.2, 0.25) is 0 Å². The van der Waals surface area contributed by atoms with Gasteiger partial charge >= 0.3 is 5.97 Å². The molecule has 2 aromatic rings. The first-order valence-corrected chi connectivity index (χ1v) is 5.78. The maximum Gasteiger partial charge on any atom is 0.325 e. The van der Waals surface area contributed by atoms with E-state index in [0.29, 0.717) is 11.3 Å². The third-order valence-electron chi connectivity index (χ3n) is 2.66. The van der Waals surface area contributed by atoms with Gasteiger partial charge in [-0.05, 0) is 30.7 Å². The van der Waals surface area contributed by atoms with Gasteiger partial charge in [0.25, 0.3) is 5.91 Å². The molecule has 7 heteroatoms. The van der Waals surface area contributed by atoms with Crippen molar-refractivity contribution >= 4 is 17.6 Å². The van der Waals surface area contributed by atoms with Gasteiger partial charge in [0.15, 0.2) is 0 Å². The van der Waals surface area contributed by atoms with E-state index in [2.05, 4.69) is 10.4 Å². The Kier molecular flexibility index (Phi) is 3.79. The summed E-state index contributed by atoms with van der Waals surface area (Å²) in [7, 11) is 0. The number of rotatable bonds is 4. The van der Waals surface area contributed by atoms with Crippen molar-refractivity contribution in [3.8, 4) is 0 Å². The minimum atomic E-state index is -1.11. The molecule has 1 aromatic heterocycles. The Labute approximate surface area is 113 Å². The molecule has 1 amide bonds. The van der Waals surface area contributed by atoms with Gasteiger partial charge < -0.3 is 10.4 Å². The van der Waals surface area contributed by atoms with E-state index in [9.17, 15) is 14.0 Å². The Morgan fingerprint density at radius 1 is 1.40 bits per heavy atom. The Bertz CT molecular complexity index is 667. The third-order valence-corrected chi connectivity index (χ3v) is 2.66. The van der Waals surface area contributed by atoms with E-state index in [1.165, 1.54) is 18.3 Å². The summed E-state index contributed by atoms with van der Waals surface area (Å²) >= 11 is 0. The zero-order chi connectivity index (χ0) is 14.7. The average Bonchev–Trinajstić information content (AvgIpc) is 2.81. The van der Waals surface area contributed by atoms with Crippen LogP contribution in [0.15, 0.2) is 30.5 Å². The fourth-order valence-corrected chi connectivity index (χ4v) is 1.65. The van der Waals surface area contributed by atoms with Crippen molar-refractivity contribution in [3.63, 3.8) is 0 Å². The lowest BCUT2D eigenvalue weighted by Gasteiger charge is -2.07. The molecule has 0 unspecified atom stereocenters. The molecule has 6 nitrogen and oxygen atoms in total. The van der Waals surface area contributed by atoms with Gasteiger partial charge in [-0.2, -0.15) is 5.10 Å². The summed E-state index contributed by atoms with van der Waals surface area (Å²) in [5.74, 6) is -2.09. The highest BCUT2D eigenvalue weighted by Crippen LogP contribution is 2.14. The van der Waals surface area contributed by atoms with Gasteiger partial charge in [0.1, 0.15) is 18.1 Å². The van der Waals surface area contributed by atoms with Crippen molar-refractivity contribution in [2.24, 2.45) is 0 Å². The van der Waals surface area contributed by atoms with Gasteiger partial charge in [0, 0.05) is 11.9 Å². The van der Waals surface area contributed by atoms with Crippen LogP contribution < -0.4 is 5.32 Å². The largest absolute Gasteiger partial charge is 0.480 e. The highest BCUT2D eigenvalue weighted by Gasteiger charge is 2.14. The van der Waals surface area contributed by atoms with Gasteiger partial charge in [-0.3, -0.25) is 9.59 Å². The smallest absolute Gasteiger partial charge is 0.325 e. The van der Waals surface area contributed by atoms with Crippen molar-refractivity contribution in [3.05, 3.63) is 47.5 Å². The summed E-state index contributed by atoms with van der Waals surface area (Å²) in [4.78, 5) is 22.6. The van der Waals surface area contributed by atoms with Crippen LogP contribution in [0.3, 0.4) is 0 Å². The molecule has 0 aliphatic carbocycles. The summed E-state index contributed by atoms with van der Waals surface area (Å²) in [5, 5.41) is 15.0. The molecule has 0 spiro atoms. The molecule has 0 aliphatic heterocycles. The Morgan fingerprint density at radius 3 is 2.80 bits per heavy atom. The number of anilines is 1. The van der Waals surface area contributed by atoms with Crippen molar-refractivity contribution in [2.75, 3.05) is 5.32 Å². The second-order valence-corrected chi connectivity index (χ2v) is 4.19. The molecule has 1 heterocycles. The number of carbonyl (C=O) groups is 2. The van der Waals surface area contributed by atoms with Crippen LogP contribution in [0, 0.1) is 12.7 Å². The number of hydrogen-bond acceptors (Lipinski definition) is 3. The lowest BCUT2D eigenvalue weighted by Crippen LogP contribution is -2.20. The number of carboxylic acid groups (broad SMARTS) is 1. The average molecular weight is 277 g/mol. The molecule has 104 valence electrons. The number of aromatic nitrogens is 2. The Balaban J connectivity index is 2.17. The molecule has 0 saturated heterocycles. The minimum Gasteiger partial charge on any atom is -0.480 e. The maximum absolute atomic E-state index is 13.4. The van der Waals surface area contributed by atoms with E-state index >= 15 is 0 Å². The number of halogens is 1. The molecule has 0 atom stereocenters. The number of aryl methyl sites for hydroxylation is 1. The molecule has 0 fully saturated rings. The van der Waals surface area contributed by atoms with Gasteiger partial charge in [-0.1, -0.05) is 6.07 Å². The molecular formula is C13H12FN3O3. The number of hydrogen-bond donors (Lipinski definition) is 2. The monoisotopic (exact) mass is 277 g/mol. The van der Waals surface area contributed by atoms with Gasteiger partial charge in [-0.15, -0.1) is 0 Å². The first-order chi connectivity index (χ1) is 9.47. The molecule has 2 rings (SSSR count). The van der Waals surface area contributed by atoms with E-state index in [-0.39, 0.29) is 5.69 Å². The van der Waals surface area contributed by atoms with Crippen molar-refractivity contribution in [1.29, 1.82) is 0 Å². The second kappa shape index (κ2) is 5.52. The standard InChI is InChI=1S/C13H12FN3O3/c1-8-2-3-9(6-10(8)14)16-13(20)11-4-5-15-17(11)7-12(18)19/h2-6H,7H2,1H3,(H,16,20)(H,18,19). The third kappa shape index (κ3) is 3.00. The summed E-state index contributed by atoms with van der Waals surface area (Å²) < 4.78 is 14.4. The zero-order valence-corrected chi connectivity index (χ0v) is 10.6. The van der Waals surface area contributed by atoms with E-state index in [1.54, 1.807) is 19.1 Å². The molecule has 0 saturated carbocycles. The maximum atomic E-state index is 13.4. The van der Waals surface area contributed by atoms with Crippen LogP contribution >= 0.6 is 0 Å². The number of amides is 1. The zero-order valence-electron chi connectivity index (χ0n) is 10.6. The number of carbonyl (C=O) groups excluding carboxylic acids is 1. The van der Waals surface area contributed by atoms with E-state index in [1.807, 2.05) is 0 Å². The Hall–Kier alpha value is -2.70. The number of carboxylic acids is 1. The molecule has 20 heavy (non-hydrogen) atoms. The van der Waals surface area contributed by atoms with E-state index < -0.39 is 24.2 Å². The Morgan fingerprint density at radius 2 is 2.15 bits per heavy atom. The summed E-state index contributed by atoms with van der Waals surface area (Å²) in [5.41, 5.74) is 0.855. The summed E-state index contributed by atoms with van der Waals surface area (Å²) in [6.07, 6.45) is 1.33. The summed E-state index contributed by atoms with van der Waals surface area (Å²) in [6.45, 7) is 1.20. The van der Waals surface area contributed by atoms with E-state index in [0.717, 1.165) is 4.68 Å². The number of nitrogens with one attached hydrogen (secondary N) is 1. The van der Waals surface area contributed by atoms with Crippen LogP contribution in [-0.2, 0) is 11.3 Å². The second-order valence-electron chi connectivity index (χ2n) is 4.19. The van der Waals surface area contributed by atoms with Crippen molar-refractivity contribution < 1.29 is 19.1 Å². The van der Waals surface area contributed by atoms with Crippen LogP contribution in [0.1, 0.15) is 16.1 Å². The van der Waals surface area contributed by atoms with Gasteiger partial charge in [-0.25, -0.2) is 9.07 Å². The lowest BCUT2D eigenvalue weighted by molar-refractivity contribution is -0.137. The minimum absolute atomic E-state index is 0.0911. The lowest BCUT2D eigenvalue weighted by atomic mass is 10.2. The van der Waals surface area contributed by atoms with Gasteiger partial charge in [0.05, 0.1) is 0 Å². The highest BCUT2D eigenvalue weighted by molar-refractivity contribution is 6.03. The van der Waals surface area contributed by atoms with Crippen LogP contribution in [0.25, 0.3) is 0 Å². The fraction of sp³-hybridized carbons (Fsp3) is 0.154.